The van der Waals surface area contributed by atoms with Crippen LogP contribution in [0.25, 0.3) is 11.0 Å². The van der Waals surface area contributed by atoms with Crippen molar-refractivity contribution in [2.45, 2.75) is 13.0 Å². The van der Waals surface area contributed by atoms with Gasteiger partial charge in [-0.3, -0.25) is 9.59 Å². The fraction of sp³-hybridized carbons (Fsp3) is 0.182. The van der Waals surface area contributed by atoms with Crippen molar-refractivity contribution < 1.29 is 13.9 Å². The second-order valence-corrected chi connectivity index (χ2v) is 6.60. The van der Waals surface area contributed by atoms with E-state index in [0.717, 1.165) is 11.1 Å². The zero-order valence-corrected chi connectivity index (χ0v) is 15.2. The fourth-order valence-electron chi connectivity index (χ4n) is 3.59. The minimum absolute atomic E-state index is 0.110. The first-order valence-corrected chi connectivity index (χ1v) is 8.68. The summed E-state index contributed by atoms with van der Waals surface area (Å²) in [6.45, 7) is 5.98. The zero-order chi connectivity index (χ0) is 19.1. The summed E-state index contributed by atoms with van der Waals surface area (Å²) in [6, 6.07) is 12.2. The van der Waals surface area contributed by atoms with Gasteiger partial charge in [0.1, 0.15) is 11.3 Å². The molecule has 5 heteroatoms. The van der Waals surface area contributed by atoms with E-state index in [1.54, 1.807) is 30.2 Å². The lowest BCUT2D eigenvalue weighted by molar-refractivity contribution is 0.0748. The maximum Gasteiger partial charge on any atom is 0.291 e. The molecule has 2 aromatic carbocycles. The highest BCUT2D eigenvalue weighted by Gasteiger charge is 2.42. The van der Waals surface area contributed by atoms with Crippen molar-refractivity contribution in [2.75, 3.05) is 13.7 Å². The molecule has 0 bridgehead atoms. The first-order chi connectivity index (χ1) is 13.0. The third-order valence-corrected chi connectivity index (χ3v) is 4.88. The quantitative estimate of drug-likeness (QED) is 0.663. The van der Waals surface area contributed by atoms with Crippen LogP contribution in [0.5, 0.6) is 5.75 Å². The van der Waals surface area contributed by atoms with Gasteiger partial charge in [0.25, 0.3) is 5.91 Å². The molecule has 1 atom stereocenters. The van der Waals surface area contributed by atoms with Crippen LogP contribution in [0.15, 0.2) is 64.3 Å². The first kappa shape index (κ1) is 17.1. The second-order valence-electron chi connectivity index (χ2n) is 6.60. The molecule has 0 N–H and O–H groups in total. The van der Waals surface area contributed by atoms with Crippen LogP contribution in [0.4, 0.5) is 0 Å². The van der Waals surface area contributed by atoms with Gasteiger partial charge in [-0.2, -0.15) is 0 Å². The van der Waals surface area contributed by atoms with Crippen LogP contribution in [0.1, 0.15) is 33.3 Å². The molecule has 0 saturated heterocycles. The molecule has 0 fully saturated rings. The maximum absolute atomic E-state index is 13.3. The lowest BCUT2D eigenvalue weighted by atomic mass is 9.98. The van der Waals surface area contributed by atoms with E-state index in [2.05, 4.69) is 6.58 Å². The van der Waals surface area contributed by atoms with Crippen molar-refractivity contribution in [3.63, 3.8) is 0 Å². The van der Waals surface area contributed by atoms with Crippen LogP contribution in [-0.2, 0) is 0 Å². The number of carbonyl (C=O) groups is 1. The Labute approximate surface area is 156 Å². The van der Waals surface area contributed by atoms with Gasteiger partial charge in [0.2, 0.25) is 5.76 Å². The van der Waals surface area contributed by atoms with Gasteiger partial charge in [-0.25, -0.2) is 0 Å². The molecule has 1 unspecified atom stereocenters. The number of fused-ring (bicyclic) bond motifs is 2. The summed E-state index contributed by atoms with van der Waals surface area (Å²) in [6.07, 6.45) is 1.65. The van der Waals surface area contributed by atoms with E-state index in [1.165, 1.54) is 0 Å². The Kier molecular flexibility index (Phi) is 4.07. The standard InChI is InChI=1S/C22H19NO4/c1-4-11-23-19(14-6-8-15(26-3)9-7-14)18-20(24)16-12-13(2)5-10-17(16)27-21(18)22(23)25/h4-10,12,19H,1,11H2,2-3H3. The predicted octanol–water partition coefficient (Wildman–Crippen LogP) is 3.84. The van der Waals surface area contributed by atoms with Gasteiger partial charge in [0.15, 0.2) is 5.43 Å². The number of carbonyl (C=O) groups excluding carboxylic acids is 1. The SMILES string of the molecule is C=CCN1C(=O)c2oc3ccc(C)cc3c(=O)c2C1c1ccc(OC)cc1. The molecule has 1 aromatic heterocycles. The van der Waals surface area contributed by atoms with E-state index < -0.39 is 6.04 Å². The van der Waals surface area contributed by atoms with E-state index >= 15 is 0 Å². The van der Waals surface area contributed by atoms with Crippen molar-refractivity contribution in [1.29, 1.82) is 0 Å². The zero-order valence-electron chi connectivity index (χ0n) is 15.2. The van der Waals surface area contributed by atoms with Crippen LogP contribution >= 0.6 is 0 Å². The number of benzene rings is 2. The Morgan fingerprint density at radius 3 is 2.59 bits per heavy atom. The smallest absolute Gasteiger partial charge is 0.291 e. The van der Waals surface area contributed by atoms with Crippen molar-refractivity contribution in [3.8, 4) is 5.75 Å². The van der Waals surface area contributed by atoms with Crippen molar-refractivity contribution in [2.24, 2.45) is 0 Å². The first-order valence-electron chi connectivity index (χ1n) is 8.68. The van der Waals surface area contributed by atoms with Gasteiger partial charge in [-0.05, 0) is 36.8 Å². The Bertz CT molecular complexity index is 1110. The Morgan fingerprint density at radius 1 is 1.19 bits per heavy atom. The van der Waals surface area contributed by atoms with Crippen molar-refractivity contribution in [3.05, 3.63) is 87.8 Å². The molecule has 0 radical (unpaired) electrons. The van der Waals surface area contributed by atoms with Gasteiger partial charge < -0.3 is 14.1 Å². The number of hydrogen-bond acceptors (Lipinski definition) is 4. The van der Waals surface area contributed by atoms with Gasteiger partial charge in [-0.1, -0.05) is 29.8 Å². The lowest BCUT2D eigenvalue weighted by Gasteiger charge is -2.23. The second kappa shape index (κ2) is 6.43. The number of amides is 1. The van der Waals surface area contributed by atoms with Crippen molar-refractivity contribution in [1.82, 2.24) is 4.90 Å². The summed E-state index contributed by atoms with van der Waals surface area (Å²) in [7, 11) is 1.59. The number of rotatable bonds is 4. The van der Waals surface area contributed by atoms with Gasteiger partial charge in [0, 0.05) is 6.54 Å². The summed E-state index contributed by atoms with van der Waals surface area (Å²) >= 11 is 0. The van der Waals surface area contributed by atoms with Crippen LogP contribution in [-0.4, -0.2) is 24.5 Å². The van der Waals surface area contributed by atoms with E-state index in [-0.39, 0.29) is 17.1 Å². The molecule has 27 heavy (non-hydrogen) atoms. The maximum atomic E-state index is 13.3. The third kappa shape index (κ3) is 2.63. The van der Waals surface area contributed by atoms with E-state index in [1.807, 2.05) is 37.3 Å². The average Bonchev–Trinajstić information content (AvgIpc) is 2.95. The Morgan fingerprint density at radius 2 is 1.93 bits per heavy atom. The molecule has 0 spiro atoms. The molecular weight excluding hydrogens is 342 g/mol. The van der Waals surface area contributed by atoms with Gasteiger partial charge >= 0.3 is 0 Å². The number of aryl methyl sites for hydroxylation is 1. The fourth-order valence-corrected chi connectivity index (χ4v) is 3.59. The number of ether oxygens (including phenoxy) is 1. The summed E-state index contributed by atoms with van der Waals surface area (Å²) in [5.41, 5.74) is 2.42. The topological polar surface area (TPSA) is 59.8 Å². The van der Waals surface area contributed by atoms with E-state index in [0.29, 0.717) is 28.8 Å². The van der Waals surface area contributed by atoms with Gasteiger partial charge in [-0.15, -0.1) is 6.58 Å². The molecule has 4 rings (SSSR count). The Hall–Kier alpha value is -3.34. The minimum atomic E-state index is -0.516. The molecule has 1 amide bonds. The predicted molar refractivity (Wildman–Crippen MR) is 103 cm³/mol. The van der Waals surface area contributed by atoms with Crippen LogP contribution in [0.2, 0.25) is 0 Å². The molecule has 3 aromatic rings. The molecule has 0 saturated carbocycles. The third-order valence-electron chi connectivity index (χ3n) is 4.88. The summed E-state index contributed by atoms with van der Waals surface area (Å²) in [4.78, 5) is 27.9. The monoisotopic (exact) mass is 361 g/mol. The highest BCUT2D eigenvalue weighted by molar-refractivity contribution is 5.99. The van der Waals surface area contributed by atoms with Crippen LogP contribution in [0.3, 0.4) is 0 Å². The lowest BCUT2D eigenvalue weighted by Crippen LogP contribution is -2.29. The number of hydrogen-bond donors (Lipinski definition) is 0. The molecule has 2 heterocycles. The molecule has 0 aliphatic carbocycles. The van der Waals surface area contributed by atoms with Crippen molar-refractivity contribution >= 4 is 16.9 Å². The molecule has 136 valence electrons. The summed E-state index contributed by atoms with van der Waals surface area (Å²) < 4.78 is 11.1. The largest absolute Gasteiger partial charge is 0.497 e. The minimum Gasteiger partial charge on any atom is -0.497 e. The van der Waals surface area contributed by atoms with Crippen LogP contribution < -0.4 is 10.2 Å². The Balaban J connectivity index is 1.98. The van der Waals surface area contributed by atoms with Gasteiger partial charge in [0.05, 0.1) is 24.1 Å². The highest BCUT2D eigenvalue weighted by atomic mass is 16.5. The molecule has 1 aliphatic rings. The van der Waals surface area contributed by atoms with Crippen LogP contribution in [0, 0.1) is 6.92 Å². The normalized spacial score (nSPS) is 15.9. The van der Waals surface area contributed by atoms with E-state index in [4.69, 9.17) is 9.15 Å². The highest BCUT2D eigenvalue weighted by Crippen LogP contribution is 2.38. The molecule has 1 aliphatic heterocycles. The number of nitrogens with zero attached hydrogens (tertiary/aromatic N) is 1. The van der Waals surface area contributed by atoms with E-state index in [9.17, 15) is 9.59 Å². The summed E-state index contributed by atoms with van der Waals surface area (Å²) in [5.74, 6) is 0.518. The average molecular weight is 361 g/mol. The molecule has 5 nitrogen and oxygen atoms in total. The molecular formula is C22H19NO4. The number of methoxy groups -OCH3 is 1. The summed E-state index contributed by atoms with van der Waals surface area (Å²) in [5, 5.41) is 0.487.